The summed E-state index contributed by atoms with van der Waals surface area (Å²) in [5.74, 6) is -0.482. The van der Waals surface area contributed by atoms with Crippen LogP contribution in [-0.2, 0) is 19.6 Å². The normalized spacial score (nSPS) is 21.1. The van der Waals surface area contributed by atoms with Gasteiger partial charge in [0.1, 0.15) is 10.3 Å². The first-order chi connectivity index (χ1) is 8.46. The first-order valence-electron chi connectivity index (χ1n) is 5.63. The molecule has 1 fully saturated rings. The number of carbonyl (C=O) groups excluding carboxylic acids is 1. The van der Waals surface area contributed by atoms with E-state index in [0.717, 1.165) is 4.88 Å². The van der Waals surface area contributed by atoms with E-state index in [0.29, 0.717) is 19.4 Å². The maximum absolute atomic E-state index is 12.4. The van der Waals surface area contributed by atoms with E-state index >= 15 is 0 Å². The molecule has 1 aliphatic heterocycles. The van der Waals surface area contributed by atoms with Crippen molar-refractivity contribution in [3.05, 3.63) is 17.0 Å². The minimum atomic E-state index is -3.57. The van der Waals surface area contributed by atoms with Crippen molar-refractivity contribution >= 4 is 27.3 Å². The molecule has 7 heteroatoms. The summed E-state index contributed by atoms with van der Waals surface area (Å²) in [6.07, 6.45) is 1.21. The average Bonchev–Trinajstić information content (AvgIpc) is 2.96. The fraction of sp³-hybridized carbons (Fsp3) is 0.545. The van der Waals surface area contributed by atoms with E-state index in [1.54, 1.807) is 12.1 Å². The third-order valence-electron chi connectivity index (χ3n) is 2.96. The van der Waals surface area contributed by atoms with Gasteiger partial charge in [0, 0.05) is 11.4 Å². The average molecular weight is 289 g/mol. The number of hydrogen-bond acceptors (Lipinski definition) is 5. The minimum Gasteiger partial charge on any atom is -0.468 e. The van der Waals surface area contributed by atoms with Crippen molar-refractivity contribution in [3.63, 3.8) is 0 Å². The van der Waals surface area contributed by atoms with Crippen LogP contribution in [-0.4, -0.2) is 38.4 Å². The zero-order valence-electron chi connectivity index (χ0n) is 10.3. The van der Waals surface area contributed by atoms with E-state index in [1.807, 2.05) is 6.92 Å². The molecule has 0 saturated carbocycles. The van der Waals surface area contributed by atoms with Gasteiger partial charge in [-0.15, -0.1) is 11.3 Å². The molecule has 0 bridgehead atoms. The molecule has 1 aromatic heterocycles. The molecule has 2 rings (SSSR count). The van der Waals surface area contributed by atoms with Gasteiger partial charge in [0.05, 0.1) is 7.11 Å². The Labute approximate surface area is 110 Å². The summed E-state index contributed by atoms with van der Waals surface area (Å²) in [4.78, 5) is 12.5. The third kappa shape index (κ3) is 2.30. The Morgan fingerprint density at radius 2 is 2.22 bits per heavy atom. The molecule has 0 aromatic carbocycles. The number of methoxy groups -OCH3 is 1. The lowest BCUT2D eigenvalue weighted by molar-refractivity contribution is -0.144. The molecule has 100 valence electrons. The summed E-state index contributed by atoms with van der Waals surface area (Å²) in [7, 11) is -2.29. The fourth-order valence-corrected chi connectivity index (χ4v) is 5.13. The Morgan fingerprint density at radius 3 is 2.78 bits per heavy atom. The van der Waals surface area contributed by atoms with Gasteiger partial charge in [-0.25, -0.2) is 8.42 Å². The van der Waals surface area contributed by atoms with Crippen LogP contribution in [0.25, 0.3) is 0 Å². The lowest BCUT2D eigenvalue weighted by atomic mass is 10.2. The Kier molecular flexibility index (Phi) is 3.74. The van der Waals surface area contributed by atoms with Gasteiger partial charge in [0.25, 0.3) is 10.0 Å². The van der Waals surface area contributed by atoms with E-state index in [9.17, 15) is 13.2 Å². The number of aryl methyl sites for hydroxylation is 1. The van der Waals surface area contributed by atoms with Crippen LogP contribution in [0.3, 0.4) is 0 Å². The Balaban J connectivity index is 2.32. The smallest absolute Gasteiger partial charge is 0.324 e. The number of ether oxygens (including phenoxy) is 1. The highest BCUT2D eigenvalue weighted by molar-refractivity contribution is 7.91. The van der Waals surface area contributed by atoms with Crippen molar-refractivity contribution < 1.29 is 17.9 Å². The largest absolute Gasteiger partial charge is 0.468 e. The van der Waals surface area contributed by atoms with Gasteiger partial charge >= 0.3 is 5.97 Å². The van der Waals surface area contributed by atoms with Crippen molar-refractivity contribution in [1.29, 1.82) is 0 Å². The number of hydrogen-bond donors (Lipinski definition) is 0. The van der Waals surface area contributed by atoms with Crippen LogP contribution in [0.15, 0.2) is 16.3 Å². The van der Waals surface area contributed by atoms with Gasteiger partial charge in [-0.2, -0.15) is 4.31 Å². The second kappa shape index (κ2) is 4.99. The van der Waals surface area contributed by atoms with Crippen LogP contribution in [0.4, 0.5) is 0 Å². The monoisotopic (exact) mass is 289 g/mol. The molecule has 1 aliphatic rings. The van der Waals surface area contributed by atoms with E-state index < -0.39 is 22.0 Å². The molecule has 0 amide bonds. The summed E-state index contributed by atoms with van der Waals surface area (Å²) in [5.41, 5.74) is 0. The molecule has 1 atom stereocenters. The van der Waals surface area contributed by atoms with E-state index in [1.165, 1.54) is 22.8 Å². The van der Waals surface area contributed by atoms with Gasteiger partial charge in [0.2, 0.25) is 0 Å². The predicted octanol–water partition coefficient (Wildman–Crippen LogP) is 1.38. The standard InChI is InChI=1S/C11H15NO4S2/c1-8-5-6-10(17-8)18(14,15)12-7-3-4-9(12)11(13)16-2/h5-6,9H,3-4,7H2,1-2H3. The molecule has 1 unspecified atom stereocenters. The van der Waals surface area contributed by atoms with Crippen molar-refractivity contribution in [2.24, 2.45) is 0 Å². The second-order valence-electron chi connectivity index (χ2n) is 4.16. The van der Waals surface area contributed by atoms with Crippen LogP contribution in [0.5, 0.6) is 0 Å². The van der Waals surface area contributed by atoms with Crippen molar-refractivity contribution in [1.82, 2.24) is 4.31 Å². The molecule has 1 saturated heterocycles. The van der Waals surface area contributed by atoms with Crippen LogP contribution in [0.2, 0.25) is 0 Å². The van der Waals surface area contributed by atoms with Crippen LogP contribution < -0.4 is 0 Å². The number of nitrogens with zero attached hydrogens (tertiary/aromatic N) is 1. The van der Waals surface area contributed by atoms with Crippen molar-refractivity contribution in [2.75, 3.05) is 13.7 Å². The molecular weight excluding hydrogens is 274 g/mol. The van der Waals surface area contributed by atoms with Gasteiger partial charge in [-0.3, -0.25) is 4.79 Å². The number of carbonyl (C=O) groups is 1. The molecule has 1 aromatic rings. The number of rotatable bonds is 3. The quantitative estimate of drug-likeness (QED) is 0.789. The third-order valence-corrected chi connectivity index (χ3v) is 6.33. The molecule has 0 aliphatic carbocycles. The highest BCUT2D eigenvalue weighted by atomic mass is 32.2. The first kappa shape index (κ1) is 13.5. The molecule has 18 heavy (non-hydrogen) atoms. The van der Waals surface area contributed by atoms with E-state index in [-0.39, 0.29) is 4.21 Å². The summed E-state index contributed by atoms with van der Waals surface area (Å²) in [6, 6.07) is 2.67. The molecule has 0 N–H and O–H groups in total. The number of thiophene rings is 1. The Hall–Kier alpha value is -0.920. The molecule has 2 heterocycles. The Bertz CT molecular complexity index is 549. The number of sulfonamides is 1. The summed E-state index contributed by atoms with van der Waals surface area (Å²) < 4.78 is 31.0. The van der Waals surface area contributed by atoms with E-state index in [2.05, 4.69) is 4.74 Å². The topological polar surface area (TPSA) is 63.7 Å². The maximum Gasteiger partial charge on any atom is 0.324 e. The second-order valence-corrected chi connectivity index (χ2v) is 7.57. The fourth-order valence-electron chi connectivity index (χ4n) is 2.07. The van der Waals surface area contributed by atoms with Crippen LogP contribution in [0.1, 0.15) is 17.7 Å². The van der Waals surface area contributed by atoms with Gasteiger partial charge in [-0.1, -0.05) is 0 Å². The van der Waals surface area contributed by atoms with E-state index in [4.69, 9.17) is 0 Å². The van der Waals surface area contributed by atoms with Crippen LogP contribution in [0, 0.1) is 6.92 Å². The molecule has 0 spiro atoms. The summed E-state index contributed by atoms with van der Waals surface area (Å²) >= 11 is 1.22. The van der Waals surface area contributed by atoms with Crippen molar-refractivity contribution in [2.45, 2.75) is 30.0 Å². The zero-order chi connectivity index (χ0) is 13.3. The van der Waals surface area contributed by atoms with Gasteiger partial charge in [0.15, 0.2) is 0 Å². The highest BCUT2D eigenvalue weighted by Crippen LogP contribution is 2.30. The summed E-state index contributed by atoms with van der Waals surface area (Å²) in [6.45, 7) is 2.23. The lowest BCUT2D eigenvalue weighted by Crippen LogP contribution is -2.40. The van der Waals surface area contributed by atoms with Gasteiger partial charge < -0.3 is 4.74 Å². The predicted molar refractivity (Wildman–Crippen MR) is 68.0 cm³/mol. The maximum atomic E-state index is 12.4. The van der Waals surface area contributed by atoms with Crippen molar-refractivity contribution in [3.8, 4) is 0 Å². The first-order valence-corrected chi connectivity index (χ1v) is 7.88. The highest BCUT2D eigenvalue weighted by Gasteiger charge is 2.40. The molecular formula is C11H15NO4S2. The SMILES string of the molecule is COC(=O)C1CCCN1S(=O)(=O)c1ccc(C)s1. The minimum absolute atomic E-state index is 0.288. The summed E-state index contributed by atoms with van der Waals surface area (Å²) in [5, 5.41) is 0. The van der Waals surface area contributed by atoms with Crippen LogP contribution >= 0.6 is 11.3 Å². The number of esters is 1. The zero-order valence-corrected chi connectivity index (χ0v) is 11.9. The lowest BCUT2D eigenvalue weighted by Gasteiger charge is -2.21. The molecule has 5 nitrogen and oxygen atoms in total. The van der Waals surface area contributed by atoms with Gasteiger partial charge in [-0.05, 0) is 31.9 Å². The molecule has 0 radical (unpaired) electrons. The Morgan fingerprint density at radius 1 is 1.50 bits per heavy atom.